The number of methoxy groups -OCH3 is 1. The van der Waals surface area contributed by atoms with Crippen LogP contribution in [0.4, 0.5) is 0 Å². The second-order valence-corrected chi connectivity index (χ2v) is 7.31. The summed E-state index contributed by atoms with van der Waals surface area (Å²) in [7, 11) is 1.67. The lowest BCUT2D eigenvalue weighted by atomic mass is 9.68. The van der Waals surface area contributed by atoms with E-state index < -0.39 is 0 Å². The Morgan fingerprint density at radius 1 is 1.11 bits per heavy atom. The molecular weight excluding hydrogens is 338 g/mol. The molecule has 0 atom stereocenters. The van der Waals surface area contributed by atoms with Crippen LogP contribution in [0.1, 0.15) is 48.5 Å². The first kappa shape index (κ1) is 17.7. The van der Waals surface area contributed by atoms with Crippen molar-refractivity contribution in [3.05, 3.63) is 77.4 Å². The Morgan fingerprint density at radius 3 is 2.63 bits per heavy atom. The fourth-order valence-electron chi connectivity index (χ4n) is 4.06. The molecule has 0 aliphatic heterocycles. The van der Waals surface area contributed by atoms with Crippen LogP contribution in [-0.2, 0) is 11.8 Å². The number of aliphatic hydroxyl groups is 1. The van der Waals surface area contributed by atoms with E-state index in [1.807, 2.05) is 24.3 Å². The third-order valence-corrected chi connectivity index (χ3v) is 5.60. The molecule has 27 heavy (non-hydrogen) atoms. The van der Waals surface area contributed by atoms with Crippen LogP contribution in [-0.4, -0.2) is 33.5 Å². The summed E-state index contributed by atoms with van der Waals surface area (Å²) in [5, 5.41) is 17.8. The van der Waals surface area contributed by atoms with Crippen LogP contribution < -0.4 is 4.74 Å². The summed E-state index contributed by atoms with van der Waals surface area (Å²) in [4.78, 5) is 4.87. The lowest BCUT2D eigenvalue weighted by Crippen LogP contribution is -2.35. The van der Waals surface area contributed by atoms with E-state index in [-0.39, 0.29) is 11.5 Å². The number of rotatable bonds is 5. The molecule has 0 spiro atoms. The number of hydrogen-bond donors (Lipinski definition) is 2. The van der Waals surface area contributed by atoms with Crippen molar-refractivity contribution in [2.75, 3.05) is 7.11 Å². The maximum Gasteiger partial charge on any atom is 0.161 e. The fraction of sp³-hybridized carbons (Fsp3) is 0.364. The number of benzene rings is 2. The predicted molar refractivity (Wildman–Crippen MR) is 104 cm³/mol. The predicted octanol–water partition coefficient (Wildman–Crippen LogP) is 3.63. The first-order valence-corrected chi connectivity index (χ1v) is 9.48. The smallest absolute Gasteiger partial charge is 0.161 e. The van der Waals surface area contributed by atoms with E-state index in [0.717, 1.165) is 48.6 Å². The summed E-state index contributed by atoms with van der Waals surface area (Å²) in [6, 6.07) is 18.5. The summed E-state index contributed by atoms with van der Waals surface area (Å²) in [6.45, 7) is 0. The highest BCUT2D eigenvalue weighted by atomic mass is 16.5. The van der Waals surface area contributed by atoms with Gasteiger partial charge in [0.15, 0.2) is 5.82 Å². The molecule has 0 bridgehead atoms. The zero-order valence-electron chi connectivity index (χ0n) is 15.6. The van der Waals surface area contributed by atoms with Crippen LogP contribution in [0, 0.1) is 0 Å². The second kappa shape index (κ2) is 7.53. The van der Waals surface area contributed by atoms with E-state index in [4.69, 9.17) is 9.72 Å². The van der Waals surface area contributed by atoms with Crippen LogP contribution in [0.3, 0.4) is 0 Å². The molecule has 140 valence electrons. The van der Waals surface area contributed by atoms with Crippen molar-refractivity contribution in [2.24, 2.45) is 0 Å². The Labute approximate surface area is 159 Å². The van der Waals surface area contributed by atoms with E-state index in [2.05, 4.69) is 40.5 Å². The summed E-state index contributed by atoms with van der Waals surface area (Å²) < 4.78 is 5.31. The maximum absolute atomic E-state index is 10.0. The van der Waals surface area contributed by atoms with Crippen LogP contribution in [0.25, 0.3) is 0 Å². The topological polar surface area (TPSA) is 71.0 Å². The van der Waals surface area contributed by atoms with Gasteiger partial charge in [-0.15, -0.1) is 0 Å². The third kappa shape index (κ3) is 3.60. The molecule has 0 amide bonds. The summed E-state index contributed by atoms with van der Waals surface area (Å²) in [5.41, 5.74) is 2.12. The van der Waals surface area contributed by atoms with Gasteiger partial charge in [0.05, 0.1) is 18.6 Å². The van der Waals surface area contributed by atoms with Crippen molar-refractivity contribution in [3.63, 3.8) is 0 Å². The normalized spacial score (nSPS) is 22.5. The molecule has 1 aliphatic carbocycles. The number of aromatic amines is 1. The number of ether oxygens (including phenoxy) is 1. The van der Waals surface area contributed by atoms with Crippen LogP contribution in [0.15, 0.2) is 54.6 Å². The van der Waals surface area contributed by atoms with Gasteiger partial charge in [0.25, 0.3) is 0 Å². The summed E-state index contributed by atoms with van der Waals surface area (Å²) in [6.07, 6.45) is 3.71. The van der Waals surface area contributed by atoms with E-state index in [9.17, 15) is 5.11 Å². The minimum atomic E-state index is -0.233. The summed E-state index contributed by atoms with van der Waals surface area (Å²) >= 11 is 0. The fourth-order valence-corrected chi connectivity index (χ4v) is 4.06. The van der Waals surface area contributed by atoms with Crippen LogP contribution in [0.2, 0.25) is 0 Å². The van der Waals surface area contributed by atoms with Gasteiger partial charge in [0.1, 0.15) is 11.6 Å². The molecule has 1 heterocycles. The molecule has 0 radical (unpaired) electrons. The molecule has 1 saturated carbocycles. The van der Waals surface area contributed by atoms with Gasteiger partial charge >= 0.3 is 0 Å². The largest absolute Gasteiger partial charge is 0.497 e. The molecule has 0 unspecified atom stereocenters. The highest BCUT2D eigenvalue weighted by molar-refractivity contribution is 5.34. The standard InChI is InChI=1S/C22H25N3O2/c1-27-19-9-5-6-16(14-19)15-20-23-21(25-24-20)22(12-10-18(26)11-13-22)17-7-3-2-4-8-17/h2-9,14,18,26H,10-13,15H2,1H3,(H,23,24,25). The maximum atomic E-state index is 10.0. The minimum absolute atomic E-state index is 0.225. The van der Waals surface area contributed by atoms with Gasteiger partial charge in [-0.25, -0.2) is 4.98 Å². The summed E-state index contributed by atoms with van der Waals surface area (Å²) in [5.74, 6) is 2.52. The van der Waals surface area contributed by atoms with Crippen LogP contribution >= 0.6 is 0 Å². The van der Waals surface area contributed by atoms with Gasteiger partial charge in [-0.05, 0) is 48.9 Å². The first-order chi connectivity index (χ1) is 13.2. The Bertz CT molecular complexity index is 883. The Morgan fingerprint density at radius 2 is 1.89 bits per heavy atom. The second-order valence-electron chi connectivity index (χ2n) is 7.31. The lowest BCUT2D eigenvalue weighted by Gasteiger charge is -2.37. The molecule has 3 aromatic rings. The average Bonchev–Trinajstić information content (AvgIpc) is 3.18. The van der Waals surface area contributed by atoms with Crippen molar-refractivity contribution in [2.45, 2.75) is 43.6 Å². The molecule has 4 rings (SSSR count). The molecule has 1 aromatic heterocycles. The average molecular weight is 363 g/mol. The zero-order chi connectivity index (χ0) is 18.7. The van der Waals surface area contributed by atoms with Crippen molar-refractivity contribution in [1.29, 1.82) is 0 Å². The highest BCUT2D eigenvalue weighted by Gasteiger charge is 2.41. The van der Waals surface area contributed by atoms with Crippen molar-refractivity contribution < 1.29 is 9.84 Å². The third-order valence-electron chi connectivity index (χ3n) is 5.60. The van der Waals surface area contributed by atoms with Gasteiger partial charge < -0.3 is 9.84 Å². The van der Waals surface area contributed by atoms with Gasteiger partial charge in [0, 0.05) is 6.42 Å². The first-order valence-electron chi connectivity index (χ1n) is 9.48. The van der Waals surface area contributed by atoms with E-state index in [0.29, 0.717) is 6.42 Å². The number of hydrogen-bond acceptors (Lipinski definition) is 4. The number of H-pyrrole nitrogens is 1. The molecule has 1 fully saturated rings. The van der Waals surface area contributed by atoms with E-state index in [1.54, 1.807) is 7.11 Å². The molecule has 2 N–H and O–H groups in total. The number of aliphatic hydroxyl groups excluding tert-OH is 1. The Kier molecular flexibility index (Phi) is 4.94. The molecule has 5 nitrogen and oxygen atoms in total. The monoisotopic (exact) mass is 363 g/mol. The quantitative estimate of drug-likeness (QED) is 0.726. The molecule has 5 heteroatoms. The number of nitrogens with one attached hydrogen (secondary N) is 1. The Hall–Kier alpha value is -2.66. The zero-order valence-corrected chi connectivity index (χ0v) is 15.6. The molecule has 0 saturated heterocycles. The van der Waals surface area contributed by atoms with E-state index >= 15 is 0 Å². The van der Waals surface area contributed by atoms with Gasteiger partial charge in [-0.2, -0.15) is 5.10 Å². The lowest BCUT2D eigenvalue weighted by molar-refractivity contribution is 0.104. The Balaban J connectivity index is 1.64. The van der Waals surface area contributed by atoms with Gasteiger partial charge in [0.2, 0.25) is 0 Å². The van der Waals surface area contributed by atoms with Crippen molar-refractivity contribution >= 4 is 0 Å². The number of aromatic nitrogens is 3. The molecular formula is C22H25N3O2. The highest BCUT2D eigenvalue weighted by Crippen LogP contribution is 2.43. The van der Waals surface area contributed by atoms with E-state index in [1.165, 1.54) is 5.56 Å². The van der Waals surface area contributed by atoms with Crippen LogP contribution in [0.5, 0.6) is 5.75 Å². The number of nitrogens with zero attached hydrogens (tertiary/aromatic N) is 2. The van der Waals surface area contributed by atoms with Gasteiger partial charge in [-0.1, -0.05) is 42.5 Å². The molecule has 1 aliphatic rings. The SMILES string of the molecule is COc1cccc(Cc2nc(C3(c4ccccc4)CCC(O)CC3)n[nH]2)c1. The van der Waals surface area contributed by atoms with Crippen molar-refractivity contribution in [3.8, 4) is 5.75 Å². The minimum Gasteiger partial charge on any atom is -0.497 e. The molecule has 2 aromatic carbocycles. The van der Waals surface area contributed by atoms with Crippen molar-refractivity contribution in [1.82, 2.24) is 15.2 Å². The van der Waals surface area contributed by atoms with Gasteiger partial charge in [-0.3, -0.25) is 5.10 Å².